The third kappa shape index (κ3) is 5.53. The first-order valence-electron chi connectivity index (χ1n) is 4.42. The summed E-state index contributed by atoms with van der Waals surface area (Å²) >= 11 is 0. The molecule has 0 spiro atoms. The van der Waals surface area contributed by atoms with Crippen molar-refractivity contribution in [3.05, 3.63) is 0 Å². The summed E-state index contributed by atoms with van der Waals surface area (Å²) in [6.45, 7) is 0. The Morgan fingerprint density at radius 1 is 1.29 bits per heavy atom. The fourth-order valence-corrected chi connectivity index (χ4v) is 1.06. The van der Waals surface area contributed by atoms with Crippen LogP contribution in [0.1, 0.15) is 25.7 Å². The summed E-state index contributed by atoms with van der Waals surface area (Å²) in [5.74, 6) is -1.50. The van der Waals surface area contributed by atoms with Gasteiger partial charge in [0.15, 0.2) is 6.10 Å². The van der Waals surface area contributed by atoms with Gasteiger partial charge in [-0.2, -0.15) is 0 Å². The topological polar surface area (TPSA) is 75.7 Å². The lowest BCUT2D eigenvalue weighted by Crippen LogP contribution is -2.25. The van der Waals surface area contributed by atoms with E-state index in [0.29, 0.717) is 19.3 Å². The molecule has 0 fully saturated rings. The van der Waals surface area contributed by atoms with E-state index < -0.39 is 18.0 Å². The first-order chi connectivity index (χ1) is 6.61. The van der Waals surface area contributed by atoms with E-state index in [9.17, 15) is 14.7 Å². The van der Waals surface area contributed by atoms with Gasteiger partial charge < -0.3 is 19.4 Å². The normalized spacial score (nSPS) is 12.1. The number of ether oxygens (including phenoxy) is 2. The van der Waals surface area contributed by atoms with Crippen LogP contribution in [-0.2, 0) is 19.1 Å². The van der Waals surface area contributed by atoms with Crippen LogP contribution in [0.5, 0.6) is 0 Å². The van der Waals surface area contributed by atoms with E-state index in [0.717, 1.165) is 0 Å². The lowest BCUT2D eigenvalue weighted by Gasteiger charge is -2.12. The average molecular weight is 203 g/mol. The Balaban J connectivity index is 3.63. The maximum atomic E-state index is 11.0. The number of methoxy groups -OCH3 is 2. The monoisotopic (exact) mass is 203 g/mol. The van der Waals surface area contributed by atoms with Crippen LogP contribution < -0.4 is 5.11 Å². The van der Waals surface area contributed by atoms with E-state index in [4.69, 9.17) is 4.74 Å². The quantitative estimate of drug-likeness (QED) is 0.411. The Labute approximate surface area is 83.0 Å². The molecule has 0 bridgehead atoms. The van der Waals surface area contributed by atoms with E-state index in [1.165, 1.54) is 14.2 Å². The zero-order chi connectivity index (χ0) is 11.0. The molecule has 0 aromatic carbocycles. The molecule has 0 saturated heterocycles. The molecule has 14 heavy (non-hydrogen) atoms. The fourth-order valence-electron chi connectivity index (χ4n) is 1.06. The van der Waals surface area contributed by atoms with Crippen molar-refractivity contribution in [2.75, 3.05) is 14.2 Å². The van der Waals surface area contributed by atoms with Gasteiger partial charge in [-0.25, -0.2) is 4.79 Å². The molecule has 5 nitrogen and oxygen atoms in total. The van der Waals surface area contributed by atoms with Gasteiger partial charge in [0, 0.05) is 13.1 Å². The zero-order valence-corrected chi connectivity index (χ0v) is 8.45. The summed E-state index contributed by atoms with van der Waals surface area (Å²) < 4.78 is 9.36. The van der Waals surface area contributed by atoms with Crippen LogP contribution in [0.25, 0.3) is 0 Å². The molecule has 82 valence electrons. The Kier molecular flexibility index (Phi) is 6.74. The molecule has 0 aliphatic carbocycles. The standard InChI is InChI=1S/C9H16O5/c1-13-7(9(12)14-2)5-3-4-6-8(10)11/h7H,3-6H2,1-2H3,(H,10,11)/p-1. The van der Waals surface area contributed by atoms with E-state index in [1.54, 1.807) is 0 Å². The number of rotatable bonds is 7. The van der Waals surface area contributed by atoms with Crippen LogP contribution in [0.15, 0.2) is 0 Å². The molecule has 1 unspecified atom stereocenters. The summed E-state index contributed by atoms with van der Waals surface area (Å²) in [6, 6.07) is 0. The Bertz CT molecular complexity index is 190. The van der Waals surface area contributed by atoms with Crippen molar-refractivity contribution in [2.45, 2.75) is 31.8 Å². The van der Waals surface area contributed by atoms with Gasteiger partial charge in [0.25, 0.3) is 0 Å². The van der Waals surface area contributed by atoms with Crippen LogP contribution in [0.3, 0.4) is 0 Å². The highest BCUT2D eigenvalue weighted by Crippen LogP contribution is 2.07. The highest BCUT2D eigenvalue weighted by atomic mass is 16.6. The number of carbonyl (C=O) groups is 2. The summed E-state index contributed by atoms with van der Waals surface area (Å²) in [6.07, 6.45) is 0.969. The van der Waals surface area contributed by atoms with Crippen LogP contribution in [-0.4, -0.2) is 32.3 Å². The molecular weight excluding hydrogens is 188 g/mol. The molecule has 0 amide bonds. The van der Waals surface area contributed by atoms with Gasteiger partial charge in [0.1, 0.15) is 0 Å². The first kappa shape index (κ1) is 12.9. The third-order valence-corrected chi connectivity index (χ3v) is 1.85. The van der Waals surface area contributed by atoms with E-state index >= 15 is 0 Å². The highest BCUT2D eigenvalue weighted by Gasteiger charge is 2.17. The molecule has 5 heteroatoms. The van der Waals surface area contributed by atoms with E-state index in [1.807, 2.05) is 0 Å². The molecule has 0 aromatic heterocycles. The number of carbonyl (C=O) groups excluding carboxylic acids is 2. The second-order valence-corrected chi connectivity index (χ2v) is 2.87. The molecule has 0 rings (SSSR count). The second kappa shape index (κ2) is 7.32. The predicted molar refractivity (Wildman–Crippen MR) is 46.3 cm³/mol. The van der Waals surface area contributed by atoms with Crippen molar-refractivity contribution >= 4 is 11.9 Å². The summed E-state index contributed by atoms with van der Waals surface area (Å²) in [5, 5.41) is 10.1. The highest BCUT2D eigenvalue weighted by molar-refractivity contribution is 5.74. The van der Waals surface area contributed by atoms with Crippen molar-refractivity contribution in [3.63, 3.8) is 0 Å². The van der Waals surface area contributed by atoms with Crippen molar-refractivity contribution in [2.24, 2.45) is 0 Å². The number of carboxylic acid groups (broad SMARTS) is 1. The lowest BCUT2D eigenvalue weighted by molar-refractivity contribution is -0.305. The number of hydrogen-bond donors (Lipinski definition) is 0. The molecule has 1 atom stereocenters. The maximum Gasteiger partial charge on any atom is 0.334 e. The van der Waals surface area contributed by atoms with Crippen LogP contribution >= 0.6 is 0 Å². The number of carboxylic acids is 1. The first-order valence-corrected chi connectivity index (χ1v) is 4.42. The minimum absolute atomic E-state index is 0.0115. The van der Waals surface area contributed by atoms with Gasteiger partial charge in [-0.15, -0.1) is 0 Å². The fraction of sp³-hybridized carbons (Fsp3) is 0.778. The molecule has 0 N–H and O–H groups in total. The Hall–Kier alpha value is -1.10. The van der Waals surface area contributed by atoms with Crippen LogP contribution in [0.2, 0.25) is 0 Å². The molecular formula is C9H15O5-. The van der Waals surface area contributed by atoms with Crippen LogP contribution in [0, 0.1) is 0 Å². The maximum absolute atomic E-state index is 11.0. The van der Waals surface area contributed by atoms with Gasteiger partial charge in [-0.05, 0) is 25.7 Å². The molecule has 0 saturated carbocycles. The summed E-state index contributed by atoms with van der Waals surface area (Å²) in [5.41, 5.74) is 0. The minimum atomic E-state index is -1.07. The van der Waals surface area contributed by atoms with Gasteiger partial charge in [-0.3, -0.25) is 0 Å². The molecule has 0 radical (unpaired) electrons. The third-order valence-electron chi connectivity index (χ3n) is 1.85. The van der Waals surface area contributed by atoms with Gasteiger partial charge in [0.05, 0.1) is 7.11 Å². The largest absolute Gasteiger partial charge is 0.550 e. The molecule has 0 heterocycles. The predicted octanol–water partition coefficient (Wildman–Crippen LogP) is -0.515. The second-order valence-electron chi connectivity index (χ2n) is 2.87. The van der Waals surface area contributed by atoms with Gasteiger partial charge in [0.2, 0.25) is 0 Å². The number of unbranched alkanes of at least 4 members (excludes halogenated alkanes) is 1. The van der Waals surface area contributed by atoms with Gasteiger partial charge in [-0.1, -0.05) is 0 Å². The lowest BCUT2D eigenvalue weighted by atomic mass is 10.1. The zero-order valence-electron chi connectivity index (χ0n) is 8.45. The average Bonchev–Trinajstić information content (AvgIpc) is 2.16. The van der Waals surface area contributed by atoms with E-state index in [2.05, 4.69) is 4.74 Å². The van der Waals surface area contributed by atoms with Crippen molar-refractivity contribution in [1.29, 1.82) is 0 Å². The smallest absolute Gasteiger partial charge is 0.334 e. The van der Waals surface area contributed by atoms with Crippen LogP contribution in [0.4, 0.5) is 0 Å². The van der Waals surface area contributed by atoms with Crippen molar-refractivity contribution < 1.29 is 24.2 Å². The molecule has 0 aromatic rings. The van der Waals surface area contributed by atoms with Crippen molar-refractivity contribution in [3.8, 4) is 0 Å². The van der Waals surface area contributed by atoms with E-state index in [-0.39, 0.29) is 6.42 Å². The molecule has 0 aliphatic rings. The number of aliphatic carboxylic acids is 1. The Morgan fingerprint density at radius 2 is 1.93 bits per heavy atom. The molecule has 0 aliphatic heterocycles. The summed E-state index contributed by atoms with van der Waals surface area (Å²) in [7, 11) is 2.70. The number of hydrogen-bond acceptors (Lipinski definition) is 5. The minimum Gasteiger partial charge on any atom is -0.550 e. The number of esters is 1. The van der Waals surface area contributed by atoms with Crippen molar-refractivity contribution in [1.82, 2.24) is 0 Å². The Morgan fingerprint density at radius 3 is 2.36 bits per heavy atom. The SMILES string of the molecule is COC(=O)C(CCCCC(=O)[O-])OC. The van der Waals surface area contributed by atoms with Gasteiger partial charge >= 0.3 is 5.97 Å². The summed E-state index contributed by atoms with van der Waals surface area (Å²) in [4.78, 5) is 21.1.